The number of amides is 2. The van der Waals surface area contributed by atoms with E-state index in [0.29, 0.717) is 23.6 Å². The molecule has 0 saturated heterocycles. The molecule has 3 rings (SSSR count). The Hall–Kier alpha value is -3.45. The Balaban J connectivity index is 1.57. The molecule has 0 saturated carbocycles. The summed E-state index contributed by atoms with van der Waals surface area (Å²) in [7, 11) is 0. The fourth-order valence-electron chi connectivity index (χ4n) is 2.41. The van der Waals surface area contributed by atoms with Crippen molar-refractivity contribution < 1.29 is 14.3 Å². The molecule has 0 fully saturated rings. The number of nitrogens with one attached hydrogen (secondary N) is 1. The first kappa shape index (κ1) is 19.3. The summed E-state index contributed by atoms with van der Waals surface area (Å²) in [6.07, 6.45) is 3.14. The molecular weight excluding hydrogens is 374 g/mol. The van der Waals surface area contributed by atoms with Crippen LogP contribution in [0.3, 0.4) is 0 Å². The van der Waals surface area contributed by atoms with Crippen molar-refractivity contribution in [2.45, 2.75) is 13.5 Å². The highest BCUT2D eigenvalue weighted by Gasteiger charge is 2.03. The van der Waals surface area contributed by atoms with E-state index in [0.717, 1.165) is 16.3 Å². The molecule has 7 heteroatoms. The van der Waals surface area contributed by atoms with Crippen LogP contribution >= 0.6 is 11.3 Å². The zero-order chi connectivity index (χ0) is 19.9. The van der Waals surface area contributed by atoms with Crippen LogP contribution in [0.5, 0.6) is 5.75 Å². The largest absolute Gasteiger partial charge is 0.487 e. The molecule has 28 heavy (non-hydrogen) atoms. The van der Waals surface area contributed by atoms with E-state index < -0.39 is 5.91 Å². The molecule has 0 spiro atoms. The zero-order valence-corrected chi connectivity index (χ0v) is 16.0. The third kappa shape index (κ3) is 5.52. The summed E-state index contributed by atoms with van der Waals surface area (Å²) >= 11 is 1.59. The molecule has 1 heterocycles. The Bertz CT molecular complexity index is 1010. The van der Waals surface area contributed by atoms with Gasteiger partial charge in [-0.1, -0.05) is 12.1 Å². The monoisotopic (exact) mass is 393 g/mol. The van der Waals surface area contributed by atoms with Crippen molar-refractivity contribution in [1.29, 1.82) is 0 Å². The Labute approximate surface area is 166 Å². The van der Waals surface area contributed by atoms with Crippen LogP contribution in [0.1, 0.15) is 26.6 Å². The number of benzene rings is 2. The maximum Gasteiger partial charge on any atom is 0.248 e. The third-order valence-electron chi connectivity index (χ3n) is 3.78. The number of hydrogen-bond donors (Lipinski definition) is 2. The first-order chi connectivity index (χ1) is 13.5. The molecule has 0 bridgehead atoms. The standard InChI is InChI=1S/C21H19N3O3S/c1-14-23-18(13-28-14)12-27-19-4-2-3-15(11-19)5-10-20(25)24-17-8-6-16(7-9-17)21(22)26/h2-11,13H,12H2,1H3,(H2,22,26)(H,24,25)/b10-5+. The van der Waals surface area contributed by atoms with Crippen LogP contribution in [0.4, 0.5) is 5.69 Å². The molecule has 0 unspecified atom stereocenters. The average molecular weight is 393 g/mol. The van der Waals surface area contributed by atoms with E-state index in [1.54, 1.807) is 41.7 Å². The van der Waals surface area contributed by atoms with Crippen molar-refractivity contribution in [2.24, 2.45) is 5.73 Å². The Kier molecular flexibility index (Phi) is 6.18. The van der Waals surface area contributed by atoms with Crippen molar-refractivity contribution in [2.75, 3.05) is 5.32 Å². The minimum absolute atomic E-state index is 0.281. The number of aryl methyl sites for hydroxylation is 1. The van der Waals surface area contributed by atoms with Gasteiger partial charge < -0.3 is 15.8 Å². The molecule has 2 amide bonds. The van der Waals surface area contributed by atoms with E-state index in [2.05, 4.69) is 10.3 Å². The lowest BCUT2D eigenvalue weighted by Gasteiger charge is -2.05. The van der Waals surface area contributed by atoms with Crippen LogP contribution in [0, 0.1) is 6.92 Å². The fourth-order valence-corrected chi connectivity index (χ4v) is 3.01. The fraction of sp³-hybridized carbons (Fsp3) is 0.0952. The van der Waals surface area contributed by atoms with Gasteiger partial charge in [-0.3, -0.25) is 9.59 Å². The minimum Gasteiger partial charge on any atom is -0.487 e. The molecule has 2 aromatic carbocycles. The number of carbonyl (C=O) groups excluding carboxylic acids is 2. The second-order valence-corrected chi connectivity index (χ2v) is 7.05. The zero-order valence-electron chi connectivity index (χ0n) is 15.2. The van der Waals surface area contributed by atoms with Crippen LogP contribution in [-0.2, 0) is 11.4 Å². The summed E-state index contributed by atoms with van der Waals surface area (Å²) < 4.78 is 5.75. The summed E-state index contributed by atoms with van der Waals surface area (Å²) in [5.41, 5.74) is 7.89. The smallest absolute Gasteiger partial charge is 0.248 e. The molecule has 142 valence electrons. The van der Waals surface area contributed by atoms with E-state index in [4.69, 9.17) is 10.5 Å². The lowest BCUT2D eigenvalue weighted by Crippen LogP contribution is -2.11. The third-order valence-corrected chi connectivity index (χ3v) is 4.60. The number of nitrogens with two attached hydrogens (primary N) is 1. The predicted molar refractivity (Wildman–Crippen MR) is 110 cm³/mol. The van der Waals surface area contributed by atoms with Crippen molar-refractivity contribution in [3.8, 4) is 5.75 Å². The lowest BCUT2D eigenvalue weighted by molar-refractivity contribution is -0.111. The second kappa shape index (κ2) is 8.96. The van der Waals surface area contributed by atoms with Crippen molar-refractivity contribution >= 4 is 34.9 Å². The van der Waals surface area contributed by atoms with Gasteiger partial charge in [0.1, 0.15) is 12.4 Å². The highest BCUT2D eigenvalue weighted by molar-refractivity contribution is 7.09. The van der Waals surface area contributed by atoms with Gasteiger partial charge >= 0.3 is 0 Å². The van der Waals surface area contributed by atoms with E-state index in [9.17, 15) is 9.59 Å². The quantitative estimate of drug-likeness (QED) is 0.597. The summed E-state index contributed by atoms with van der Waals surface area (Å²) in [6, 6.07) is 13.8. The predicted octanol–water partition coefficient (Wildman–Crippen LogP) is 3.78. The number of aromatic nitrogens is 1. The molecule has 0 atom stereocenters. The van der Waals surface area contributed by atoms with E-state index in [1.165, 1.54) is 6.08 Å². The van der Waals surface area contributed by atoms with Gasteiger partial charge in [-0.25, -0.2) is 4.98 Å². The molecule has 3 aromatic rings. The topological polar surface area (TPSA) is 94.3 Å². The van der Waals surface area contributed by atoms with Crippen LogP contribution in [0.25, 0.3) is 6.08 Å². The van der Waals surface area contributed by atoms with Gasteiger partial charge in [-0.15, -0.1) is 11.3 Å². The van der Waals surface area contributed by atoms with Crippen LogP contribution < -0.4 is 15.8 Å². The maximum absolute atomic E-state index is 12.1. The van der Waals surface area contributed by atoms with Gasteiger partial charge in [-0.05, 0) is 55.0 Å². The van der Waals surface area contributed by atoms with Crippen molar-refractivity contribution in [3.05, 3.63) is 81.8 Å². The van der Waals surface area contributed by atoms with Crippen molar-refractivity contribution in [3.63, 3.8) is 0 Å². The lowest BCUT2D eigenvalue weighted by atomic mass is 10.2. The minimum atomic E-state index is -0.509. The van der Waals surface area contributed by atoms with E-state index in [1.807, 2.05) is 36.6 Å². The number of nitrogens with zero attached hydrogens (tertiary/aromatic N) is 1. The average Bonchev–Trinajstić information content (AvgIpc) is 3.11. The van der Waals surface area contributed by atoms with Crippen LogP contribution in [-0.4, -0.2) is 16.8 Å². The van der Waals surface area contributed by atoms with Gasteiger partial charge in [0.05, 0.1) is 10.7 Å². The number of primary amides is 1. The number of thiazole rings is 1. The summed E-state index contributed by atoms with van der Waals surface area (Å²) in [6.45, 7) is 2.36. The Morgan fingerprint density at radius 2 is 2.00 bits per heavy atom. The Morgan fingerprint density at radius 1 is 1.21 bits per heavy atom. The molecule has 0 aliphatic carbocycles. The molecule has 0 aliphatic rings. The number of anilines is 1. The summed E-state index contributed by atoms with van der Waals surface area (Å²) in [4.78, 5) is 27.5. The van der Waals surface area contributed by atoms with Crippen LogP contribution in [0.15, 0.2) is 60.0 Å². The molecular formula is C21H19N3O3S. The SMILES string of the molecule is Cc1nc(COc2cccc(/C=C/C(=O)Nc3ccc(C(N)=O)cc3)c2)cs1. The highest BCUT2D eigenvalue weighted by Crippen LogP contribution is 2.17. The van der Waals surface area contributed by atoms with Gasteiger partial charge in [-0.2, -0.15) is 0 Å². The maximum atomic E-state index is 12.1. The highest BCUT2D eigenvalue weighted by atomic mass is 32.1. The van der Waals surface area contributed by atoms with Gasteiger partial charge in [0.2, 0.25) is 11.8 Å². The Morgan fingerprint density at radius 3 is 2.68 bits per heavy atom. The van der Waals surface area contributed by atoms with E-state index in [-0.39, 0.29) is 5.91 Å². The molecule has 1 aromatic heterocycles. The van der Waals surface area contributed by atoms with Crippen LogP contribution in [0.2, 0.25) is 0 Å². The molecule has 0 aliphatic heterocycles. The summed E-state index contributed by atoms with van der Waals surface area (Å²) in [5.74, 6) is -0.0869. The first-order valence-corrected chi connectivity index (χ1v) is 9.40. The normalized spacial score (nSPS) is 10.8. The second-order valence-electron chi connectivity index (χ2n) is 5.98. The van der Waals surface area contributed by atoms with Gasteiger partial charge in [0.25, 0.3) is 0 Å². The number of rotatable bonds is 7. The number of ether oxygens (including phenoxy) is 1. The van der Waals surface area contributed by atoms with Gasteiger partial charge in [0, 0.05) is 22.7 Å². The first-order valence-electron chi connectivity index (χ1n) is 8.52. The molecule has 0 radical (unpaired) electrons. The summed E-state index contributed by atoms with van der Waals surface area (Å²) in [5, 5.41) is 5.70. The van der Waals surface area contributed by atoms with E-state index >= 15 is 0 Å². The molecule has 6 nitrogen and oxygen atoms in total. The van der Waals surface area contributed by atoms with Crippen molar-refractivity contribution in [1.82, 2.24) is 4.98 Å². The molecule has 3 N–H and O–H groups in total. The number of hydrogen-bond acceptors (Lipinski definition) is 5. The van der Waals surface area contributed by atoms with Gasteiger partial charge in [0.15, 0.2) is 0 Å². The number of carbonyl (C=O) groups is 2.